The zero-order valence-corrected chi connectivity index (χ0v) is 19.5. The summed E-state index contributed by atoms with van der Waals surface area (Å²) in [7, 11) is 0. The molecule has 0 radical (unpaired) electrons. The molecule has 36 heavy (non-hydrogen) atoms. The number of Topliss-reactive ketones (excluding diaryl/α,β-unsaturated/α-hetero) is 1. The summed E-state index contributed by atoms with van der Waals surface area (Å²) in [6.45, 7) is 0.428. The van der Waals surface area contributed by atoms with Gasteiger partial charge in [0.2, 0.25) is 0 Å². The van der Waals surface area contributed by atoms with Crippen LogP contribution in [0.4, 0.5) is 14.5 Å². The van der Waals surface area contributed by atoms with Gasteiger partial charge in [0, 0.05) is 30.9 Å². The molecule has 3 aromatic rings. The summed E-state index contributed by atoms with van der Waals surface area (Å²) >= 11 is 0. The van der Waals surface area contributed by atoms with Crippen LogP contribution in [0.2, 0.25) is 0 Å². The highest BCUT2D eigenvalue weighted by Gasteiger charge is 2.45. The van der Waals surface area contributed by atoms with Gasteiger partial charge in [-0.1, -0.05) is 18.2 Å². The lowest BCUT2D eigenvalue weighted by molar-refractivity contribution is 0.0988. The first-order chi connectivity index (χ1) is 17.3. The molecule has 5 rings (SSSR count). The van der Waals surface area contributed by atoms with Crippen LogP contribution in [-0.4, -0.2) is 46.1 Å². The number of carbonyl (C=O) groups is 1. The van der Waals surface area contributed by atoms with E-state index in [1.54, 1.807) is 0 Å². The van der Waals surface area contributed by atoms with E-state index in [1.807, 2.05) is 23.1 Å². The number of ketones is 1. The highest BCUT2D eigenvalue weighted by molar-refractivity contribution is 5.97. The number of rotatable bonds is 7. The summed E-state index contributed by atoms with van der Waals surface area (Å²) in [5, 5.41) is 19.6. The topological polar surface area (TPSA) is 116 Å². The van der Waals surface area contributed by atoms with Gasteiger partial charge in [0.1, 0.15) is 17.3 Å². The van der Waals surface area contributed by atoms with E-state index in [4.69, 9.17) is 5.73 Å². The molecule has 9 heteroatoms. The molecule has 7 nitrogen and oxygen atoms in total. The van der Waals surface area contributed by atoms with Gasteiger partial charge in [-0.3, -0.25) is 4.79 Å². The van der Waals surface area contributed by atoms with Crippen molar-refractivity contribution in [3.8, 4) is 17.5 Å². The van der Waals surface area contributed by atoms with E-state index >= 15 is 0 Å². The number of benzene rings is 2. The molecule has 0 bridgehead atoms. The average Bonchev–Trinajstić information content (AvgIpc) is 3.59. The number of anilines is 1. The third kappa shape index (κ3) is 4.34. The fourth-order valence-corrected chi connectivity index (χ4v) is 4.90. The molecule has 184 valence electrons. The van der Waals surface area contributed by atoms with Gasteiger partial charge in [-0.2, -0.15) is 5.26 Å². The maximum absolute atomic E-state index is 14.2. The van der Waals surface area contributed by atoms with Crippen LogP contribution in [0.3, 0.4) is 0 Å². The van der Waals surface area contributed by atoms with E-state index in [9.17, 15) is 23.9 Å². The van der Waals surface area contributed by atoms with Crippen molar-refractivity contribution in [1.82, 2.24) is 9.97 Å². The Morgan fingerprint density at radius 3 is 2.64 bits per heavy atom. The van der Waals surface area contributed by atoms with Gasteiger partial charge < -0.3 is 15.7 Å². The zero-order valence-electron chi connectivity index (χ0n) is 19.5. The van der Waals surface area contributed by atoms with Crippen molar-refractivity contribution in [1.29, 1.82) is 5.26 Å². The monoisotopic (exact) mass is 489 g/mol. The number of carbonyl (C=O) groups excluding carboxylic acids is 1. The highest BCUT2D eigenvalue weighted by Crippen LogP contribution is 2.49. The molecule has 0 unspecified atom stereocenters. The Kier molecular flexibility index (Phi) is 6.24. The van der Waals surface area contributed by atoms with Crippen molar-refractivity contribution in [3.63, 3.8) is 0 Å². The minimum absolute atomic E-state index is 0.0325. The Morgan fingerprint density at radius 1 is 1.22 bits per heavy atom. The molecule has 0 spiro atoms. The van der Waals surface area contributed by atoms with Crippen molar-refractivity contribution < 1.29 is 18.7 Å². The minimum atomic E-state index is -0.815. The summed E-state index contributed by atoms with van der Waals surface area (Å²) in [6.07, 6.45) is 3.44. The minimum Gasteiger partial charge on any atom is -0.394 e. The largest absolute Gasteiger partial charge is 0.394 e. The van der Waals surface area contributed by atoms with Crippen LogP contribution in [0.25, 0.3) is 11.4 Å². The Labute approximate surface area is 207 Å². The van der Waals surface area contributed by atoms with Crippen LogP contribution in [0.5, 0.6) is 0 Å². The first kappa shape index (κ1) is 24.0. The number of hydrogen-bond acceptors (Lipinski definition) is 7. The van der Waals surface area contributed by atoms with Crippen molar-refractivity contribution in [2.24, 2.45) is 5.73 Å². The van der Waals surface area contributed by atoms with E-state index in [-0.39, 0.29) is 48.0 Å². The Hall–Kier alpha value is -3.74. The van der Waals surface area contributed by atoms with Gasteiger partial charge >= 0.3 is 0 Å². The van der Waals surface area contributed by atoms with E-state index in [1.165, 1.54) is 18.3 Å². The van der Waals surface area contributed by atoms with E-state index < -0.39 is 17.0 Å². The summed E-state index contributed by atoms with van der Waals surface area (Å²) < 4.78 is 28.5. The number of hydrogen-bond donors (Lipinski definition) is 2. The second-order valence-electron chi connectivity index (χ2n) is 9.48. The lowest BCUT2D eigenvalue weighted by Crippen LogP contribution is -2.34. The van der Waals surface area contributed by atoms with E-state index in [2.05, 4.69) is 16.0 Å². The molecule has 2 aromatic carbocycles. The molecule has 1 saturated heterocycles. The molecule has 1 aromatic heterocycles. The summed E-state index contributed by atoms with van der Waals surface area (Å²) in [5.74, 6) is -2.19. The molecule has 0 amide bonds. The van der Waals surface area contributed by atoms with Gasteiger partial charge in [-0.15, -0.1) is 0 Å². The number of halogens is 2. The lowest BCUT2D eigenvalue weighted by Gasteiger charge is -2.28. The summed E-state index contributed by atoms with van der Waals surface area (Å²) in [6, 6.07) is 12.6. The van der Waals surface area contributed by atoms with Crippen LogP contribution < -0.4 is 10.6 Å². The first-order valence-electron chi connectivity index (χ1n) is 11.8. The van der Waals surface area contributed by atoms with Crippen molar-refractivity contribution in [3.05, 3.63) is 77.1 Å². The number of aliphatic hydroxyl groups is 1. The number of aromatic nitrogens is 2. The quantitative estimate of drug-likeness (QED) is 0.489. The molecule has 3 N–H and O–H groups in total. The van der Waals surface area contributed by atoms with Crippen LogP contribution in [-0.2, 0) is 11.8 Å². The van der Waals surface area contributed by atoms with E-state index in [0.717, 1.165) is 36.2 Å². The van der Waals surface area contributed by atoms with E-state index in [0.29, 0.717) is 18.5 Å². The number of nitriles is 1. The molecule has 1 aliphatic carbocycles. The standard InChI is InChI=1S/C27H25F2N5O2/c28-20-2-1-3-21(29)25(20)26-32-9-6-22(33-26)24(36)10-16-4-5-17(27(15-30)7-8-27)11-23(16)34-13-18(31)12-19(34)14-35/h1-6,9,11,18-19,35H,7-8,10,12-14,31H2/t18-,19-/m0/s1. The third-order valence-electron chi connectivity index (χ3n) is 7.05. The lowest BCUT2D eigenvalue weighted by atomic mass is 9.93. The molecule has 2 heterocycles. The van der Waals surface area contributed by atoms with Crippen molar-refractivity contribution >= 4 is 11.5 Å². The first-order valence-corrected chi connectivity index (χ1v) is 11.8. The molecule has 2 fully saturated rings. The maximum Gasteiger partial charge on any atom is 0.185 e. The van der Waals surface area contributed by atoms with Crippen LogP contribution in [0.1, 0.15) is 40.9 Å². The fourth-order valence-electron chi connectivity index (χ4n) is 4.90. The molecule has 2 atom stereocenters. The SMILES string of the molecule is N#CC1(c2ccc(CC(=O)c3ccnc(-c4c(F)cccc4F)n3)c(N3C[C@@H](N)C[C@H]3CO)c2)CC1. The molecular weight excluding hydrogens is 464 g/mol. The summed E-state index contributed by atoms with van der Waals surface area (Å²) in [4.78, 5) is 23.4. The maximum atomic E-state index is 14.2. The second kappa shape index (κ2) is 9.37. The zero-order chi connectivity index (χ0) is 25.4. The number of nitrogens with two attached hydrogens (primary N) is 1. The Balaban J connectivity index is 1.49. The predicted molar refractivity (Wildman–Crippen MR) is 129 cm³/mol. The predicted octanol–water partition coefficient (Wildman–Crippen LogP) is 3.30. The van der Waals surface area contributed by atoms with Gasteiger partial charge in [-0.25, -0.2) is 18.7 Å². The average molecular weight is 490 g/mol. The fraction of sp³-hybridized carbons (Fsp3) is 0.333. The van der Waals surface area contributed by atoms with Gasteiger partial charge in [0.15, 0.2) is 11.6 Å². The molecule has 1 saturated carbocycles. The van der Waals surface area contributed by atoms with Crippen LogP contribution in [0, 0.1) is 23.0 Å². The van der Waals surface area contributed by atoms with Gasteiger partial charge in [0.25, 0.3) is 0 Å². The smallest absolute Gasteiger partial charge is 0.185 e. The Morgan fingerprint density at radius 2 is 1.97 bits per heavy atom. The Bertz CT molecular complexity index is 1350. The second-order valence-corrected chi connectivity index (χ2v) is 9.48. The van der Waals surface area contributed by atoms with Gasteiger partial charge in [-0.05, 0) is 54.7 Å². The number of aliphatic hydroxyl groups excluding tert-OH is 1. The van der Waals surface area contributed by atoms with Crippen molar-refractivity contribution in [2.45, 2.75) is 43.2 Å². The van der Waals surface area contributed by atoms with Crippen LogP contribution >= 0.6 is 0 Å². The molecule has 1 aliphatic heterocycles. The van der Waals surface area contributed by atoms with Crippen molar-refractivity contribution in [2.75, 3.05) is 18.1 Å². The molecular formula is C27H25F2N5O2. The summed E-state index contributed by atoms with van der Waals surface area (Å²) in [5.41, 5.74) is 7.64. The number of nitrogens with zero attached hydrogens (tertiary/aromatic N) is 4. The molecule has 2 aliphatic rings. The van der Waals surface area contributed by atoms with Gasteiger partial charge in [0.05, 0.1) is 29.7 Å². The normalized spacial score (nSPS) is 20.2. The highest BCUT2D eigenvalue weighted by atomic mass is 19.1. The van der Waals surface area contributed by atoms with Crippen LogP contribution in [0.15, 0.2) is 48.7 Å². The third-order valence-corrected chi connectivity index (χ3v) is 7.05.